The Labute approximate surface area is 93.9 Å². The zero-order valence-electron chi connectivity index (χ0n) is 8.74. The number of rotatable bonds is 2. The number of carboxylic acid groups (broad SMARTS) is 1. The molecule has 1 fully saturated rings. The predicted molar refractivity (Wildman–Crippen MR) is 61.7 cm³/mol. The number of aromatic carboxylic acids is 1. The summed E-state index contributed by atoms with van der Waals surface area (Å²) in [7, 11) is 0. The van der Waals surface area contributed by atoms with Crippen LogP contribution in [0.5, 0.6) is 0 Å². The number of carboxylic acids is 1. The molecule has 2 nitrogen and oxygen atoms in total. The van der Waals surface area contributed by atoms with Gasteiger partial charge in [0.15, 0.2) is 0 Å². The molecule has 0 radical (unpaired) electrons. The Morgan fingerprint density at radius 2 is 1.93 bits per heavy atom. The van der Waals surface area contributed by atoms with Crippen molar-refractivity contribution in [2.24, 2.45) is 0 Å². The van der Waals surface area contributed by atoms with E-state index in [0.29, 0.717) is 10.8 Å². The third-order valence-electron chi connectivity index (χ3n) is 3.18. The second-order valence-electron chi connectivity index (χ2n) is 4.20. The fourth-order valence-corrected chi connectivity index (χ4v) is 3.23. The molecule has 82 valence electrons. The van der Waals surface area contributed by atoms with Gasteiger partial charge in [-0.3, -0.25) is 0 Å². The van der Waals surface area contributed by atoms with Gasteiger partial charge in [0.2, 0.25) is 0 Å². The number of thiophene rings is 1. The average Bonchev–Trinajstić information content (AvgIpc) is 2.55. The predicted octanol–water partition coefficient (Wildman–Crippen LogP) is 3.88. The lowest BCUT2D eigenvalue weighted by atomic mass is 9.92. The zero-order chi connectivity index (χ0) is 10.7. The lowest BCUT2D eigenvalue weighted by Gasteiger charge is -2.13. The SMILES string of the molecule is O=C(O)c1sccc1C1CCCCCC1. The minimum Gasteiger partial charge on any atom is -0.477 e. The van der Waals surface area contributed by atoms with Gasteiger partial charge in [-0.05, 0) is 35.8 Å². The molecule has 2 rings (SSSR count). The molecule has 1 aliphatic carbocycles. The first-order valence-corrected chi connectivity index (χ1v) is 6.47. The summed E-state index contributed by atoms with van der Waals surface area (Å²) in [6.07, 6.45) is 7.44. The molecule has 0 atom stereocenters. The maximum absolute atomic E-state index is 11.0. The summed E-state index contributed by atoms with van der Waals surface area (Å²) >= 11 is 1.36. The maximum Gasteiger partial charge on any atom is 0.346 e. The van der Waals surface area contributed by atoms with Crippen LogP contribution in [0.1, 0.15) is 59.7 Å². The van der Waals surface area contributed by atoms with Crippen LogP contribution in [0.3, 0.4) is 0 Å². The summed E-state index contributed by atoms with van der Waals surface area (Å²) in [5, 5.41) is 11.0. The monoisotopic (exact) mass is 224 g/mol. The fraction of sp³-hybridized carbons (Fsp3) is 0.583. The maximum atomic E-state index is 11.0. The van der Waals surface area contributed by atoms with Gasteiger partial charge in [-0.2, -0.15) is 0 Å². The van der Waals surface area contributed by atoms with E-state index in [1.54, 1.807) is 0 Å². The highest BCUT2D eigenvalue weighted by molar-refractivity contribution is 7.12. The van der Waals surface area contributed by atoms with Gasteiger partial charge in [-0.1, -0.05) is 25.7 Å². The summed E-state index contributed by atoms with van der Waals surface area (Å²) in [6.45, 7) is 0. The number of hydrogen-bond donors (Lipinski definition) is 1. The van der Waals surface area contributed by atoms with Crippen molar-refractivity contribution in [3.8, 4) is 0 Å². The molecule has 3 heteroatoms. The molecule has 1 heterocycles. The Morgan fingerprint density at radius 1 is 1.27 bits per heavy atom. The quantitative estimate of drug-likeness (QED) is 0.774. The largest absolute Gasteiger partial charge is 0.477 e. The summed E-state index contributed by atoms with van der Waals surface area (Å²) in [5.74, 6) is -0.269. The fourth-order valence-electron chi connectivity index (χ4n) is 2.40. The summed E-state index contributed by atoms with van der Waals surface area (Å²) in [4.78, 5) is 11.6. The van der Waals surface area contributed by atoms with Crippen LogP contribution in [0.2, 0.25) is 0 Å². The van der Waals surface area contributed by atoms with Crippen molar-refractivity contribution in [1.29, 1.82) is 0 Å². The molecule has 0 unspecified atom stereocenters. The lowest BCUT2D eigenvalue weighted by molar-refractivity contribution is 0.0700. The molecular formula is C12H16O2S. The standard InChI is InChI=1S/C12H16O2S/c13-12(14)11-10(7-8-15-11)9-5-3-1-2-4-6-9/h7-9H,1-6H2,(H,13,14). The van der Waals surface area contributed by atoms with E-state index in [9.17, 15) is 4.79 Å². The van der Waals surface area contributed by atoms with Crippen LogP contribution >= 0.6 is 11.3 Å². The van der Waals surface area contributed by atoms with Crippen molar-refractivity contribution in [1.82, 2.24) is 0 Å². The van der Waals surface area contributed by atoms with Crippen molar-refractivity contribution in [3.63, 3.8) is 0 Å². The second kappa shape index (κ2) is 4.79. The molecule has 1 aromatic rings. The molecule has 0 aromatic carbocycles. The first-order chi connectivity index (χ1) is 7.29. The van der Waals surface area contributed by atoms with Gasteiger partial charge in [-0.15, -0.1) is 11.3 Å². The first kappa shape index (κ1) is 10.7. The Bertz CT molecular complexity index is 335. The molecule has 15 heavy (non-hydrogen) atoms. The number of carbonyl (C=O) groups is 1. The molecule has 0 saturated heterocycles. The van der Waals surface area contributed by atoms with Gasteiger partial charge < -0.3 is 5.11 Å². The van der Waals surface area contributed by atoms with Crippen LogP contribution in [-0.2, 0) is 0 Å². The third-order valence-corrected chi connectivity index (χ3v) is 4.10. The van der Waals surface area contributed by atoms with Gasteiger partial charge in [0.25, 0.3) is 0 Å². The topological polar surface area (TPSA) is 37.3 Å². The Hall–Kier alpha value is -0.830. The zero-order valence-corrected chi connectivity index (χ0v) is 9.55. The summed E-state index contributed by atoms with van der Waals surface area (Å²) < 4.78 is 0. The van der Waals surface area contributed by atoms with Crippen LogP contribution in [0.25, 0.3) is 0 Å². The molecule has 1 saturated carbocycles. The average molecular weight is 224 g/mol. The Morgan fingerprint density at radius 3 is 2.53 bits per heavy atom. The molecule has 1 aromatic heterocycles. The van der Waals surface area contributed by atoms with E-state index < -0.39 is 5.97 Å². The van der Waals surface area contributed by atoms with Crippen LogP contribution in [-0.4, -0.2) is 11.1 Å². The molecule has 0 amide bonds. The molecule has 0 spiro atoms. The van der Waals surface area contributed by atoms with Gasteiger partial charge >= 0.3 is 5.97 Å². The smallest absolute Gasteiger partial charge is 0.346 e. The van der Waals surface area contributed by atoms with E-state index >= 15 is 0 Å². The number of hydrogen-bond acceptors (Lipinski definition) is 2. The van der Waals surface area contributed by atoms with Crippen molar-refractivity contribution in [2.75, 3.05) is 0 Å². The van der Waals surface area contributed by atoms with Crippen molar-refractivity contribution in [2.45, 2.75) is 44.4 Å². The van der Waals surface area contributed by atoms with E-state index in [1.807, 2.05) is 11.4 Å². The highest BCUT2D eigenvalue weighted by Crippen LogP contribution is 2.35. The van der Waals surface area contributed by atoms with Gasteiger partial charge in [0.05, 0.1) is 0 Å². The van der Waals surface area contributed by atoms with E-state index in [0.717, 1.165) is 18.4 Å². The minimum absolute atomic E-state index is 0.491. The van der Waals surface area contributed by atoms with Crippen molar-refractivity contribution < 1.29 is 9.90 Å². The normalized spacial score (nSPS) is 18.7. The molecule has 1 N–H and O–H groups in total. The lowest BCUT2D eigenvalue weighted by Crippen LogP contribution is -2.03. The molecule has 0 aliphatic heterocycles. The Kier molecular flexibility index (Phi) is 3.41. The van der Waals surface area contributed by atoms with Crippen LogP contribution in [0, 0.1) is 0 Å². The van der Waals surface area contributed by atoms with E-state index in [4.69, 9.17) is 5.11 Å². The van der Waals surface area contributed by atoms with Crippen LogP contribution < -0.4 is 0 Å². The Balaban J connectivity index is 2.19. The second-order valence-corrected chi connectivity index (χ2v) is 5.11. The first-order valence-electron chi connectivity index (χ1n) is 5.59. The van der Waals surface area contributed by atoms with Gasteiger partial charge in [-0.25, -0.2) is 4.79 Å². The molecule has 0 bridgehead atoms. The van der Waals surface area contributed by atoms with Crippen LogP contribution in [0.4, 0.5) is 0 Å². The van der Waals surface area contributed by atoms with E-state index in [1.165, 1.54) is 37.0 Å². The highest BCUT2D eigenvalue weighted by Gasteiger charge is 2.21. The van der Waals surface area contributed by atoms with Crippen LogP contribution in [0.15, 0.2) is 11.4 Å². The van der Waals surface area contributed by atoms with E-state index in [2.05, 4.69) is 0 Å². The summed E-state index contributed by atoms with van der Waals surface area (Å²) in [6, 6.07) is 2.00. The highest BCUT2D eigenvalue weighted by atomic mass is 32.1. The van der Waals surface area contributed by atoms with Gasteiger partial charge in [0.1, 0.15) is 4.88 Å². The van der Waals surface area contributed by atoms with Crippen molar-refractivity contribution >= 4 is 17.3 Å². The molecular weight excluding hydrogens is 208 g/mol. The van der Waals surface area contributed by atoms with Gasteiger partial charge in [0, 0.05) is 0 Å². The van der Waals surface area contributed by atoms with E-state index in [-0.39, 0.29) is 0 Å². The summed E-state index contributed by atoms with van der Waals surface area (Å²) in [5.41, 5.74) is 1.08. The minimum atomic E-state index is -0.760. The molecule has 1 aliphatic rings. The van der Waals surface area contributed by atoms with Crippen molar-refractivity contribution in [3.05, 3.63) is 21.9 Å². The third kappa shape index (κ3) is 2.40.